The fraction of sp³-hybridized carbons (Fsp3) is 0.105. The highest BCUT2D eigenvalue weighted by molar-refractivity contribution is 6.01. The van der Waals surface area contributed by atoms with Crippen molar-refractivity contribution < 1.29 is 9.52 Å². The van der Waals surface area contributed by atoms with Crippen LogP contribution in [0.4, 0.5) is 5.69 Å². The van der Waals surface area contributed by atoms with Crippen LogP contribution in [0.3, 0.4) is 0 Å². The number of benzene rings is 5. The number of hydrogen-bond acceptors (Lipinski definition) is 6. The lowest BCUT2D eigenvalue weighted by molar-refractivity contribution is 0.473. The summed E-state index contributed by atoms with van der Waals surface area (Å²) in [4.78, 5) is 9.75. The highest BCUT2D eigenvalue weighted by Gasteiger charge is 2.20. The van der Waals surface area contributed by atoms with Crippen molar-refractivity contribution in [3.05, 3.63) is 125 Å². The molecule has 5 aromatic carbocycles. The van der Waals surface area contributed by atoms with E-state index in [4.69, 9.17) is 14.4 Å². The van der Waals surface area contributed by atoms with Gasteiger partial charge in [0.25, 0.3) is 0 Å². The third-order valence-electron chi connectivity index (χ3n) is 7.56. The summed E-state index contributed by atoms with van der Waals surface area (Å²) in [5.74, 6) is 0.552. The van der Waals surface area contributed by atoms with Crippen molar-refractivity contribution in [1.29, 1.82) is 10.5 Å². The lowest BCUT2D eigenvalue weighted by Gasteiger charge is -2.19. The Balaban J connectivity index is 1.50. The van der Waals surface area contributed by atoms with Gasteiger partial charge >= 0.3 is 0 Å². The summed E-state index contributed by atoms with van der Waals surface area (Å²) in [7, 11) is 0. The minimum Gasteiger partial charge on any atom is -0.507 e. The van der Waals surface area contributed by atoms with Crippen molar-refractivity contribution in [3.63, 3.8) is 0 Å². The Morgan fingerprint density at radius 3 is 2.00 bits per heavy atom. The van der Waals surface area contributed by atoms with E-state index in [1.54, 1.807) is 36.5 Å². The number of aromatic hydroxyl groups is 1. The first-order valence-corrected chi connectivity index (χ1v) is 14.2. The number of nitriles is 2. The number of hydrogen-bond donors (Lipinski definition) is 1. The normalized spacial score (nSPS) is 11.5. The van der Waals surface area contributed by atoms with Crippen molar-refractivity contribution in [2.75, 3.05) is 0 Å². The van der Waals surface area contributed by atoms with E-state index >= 15 is 0 Å². The molecule has 0 saturated heterocycles. The van der Waals surface area contributed by atoms with Gasteiger partial charge < -0.3 is 9.52 Å². The number of nitrogens with zero attached hydrogens (tertiary/aromatic N) is 4. The number of rotatable bonds is 5. The van der Waals surface area contributed by atoms with E-state index in [1.165, 1.54) is 0 Å². The molecular formula is C38H28N4O2. The fourth-order valence-corrected chi connectivity index (χ4v) is 5.06. The van der Waals surface area contributed by atoms with Crippen molar-refractivity contribution in [2.24, 2.45) is 4.99 Å². The van der Waals surface area contributed by atoms with Gasteiger partial charge in [0.15, 0.2) is 5.58 Å². The number of aromatic nitrogens is 1. The third-order valence-corrected chi connectivity index (χ3v) is 7.56. The van der Waals surface area contributed by atoms with Gasteiger partial charge in [0.1, 0.15) is 11.3 Å². The average molecular weight is 573 g/mol. The molecule has 0 spiro atoms. The summed E-state index contributed by atoms with van der Waals surface area (Å²) in [5.41, 5.74) is 8.88. The van der Waals surface area contributed by atoms with E-state index in [1.807, 2.05) is 72.8 Å². The first-order valence-electron chi connectivity index (χ1n) is 14.2. The molecule has 6 rings (SSSR count). The molecule has 0 bridgehead atoms. The molecule has 0 radical (unpaired) electrons. The number of aliphatic imine (C=N–C) groups is 1. The lowest BCUT2D eigenvalue weighted by Crippen LogP contribution is -2.11. The Bertz CT molecular complexity index is 2020. The zero-order valence-electron chi connectivity index (χ0n) is 24.5. The summed E-state index contributed by atoms with van der Waals surface area (Å²) < 4.78 is 6.53. The molecule has 0 amide bonds. The Kier molecular flexibility index (Phi) is 7.27. The first kappa shape index (κ1) is 28.2. The zero-order chi connectivity index (χ0) is 30.8. The molecule has 6 nitrogen and oxygen atoms in total. The largest absolute Gasteiger partial charge is 0.507 e. The minimum absolute atomic E-state index is 0.0777. The number of para-hydroxylation sites is 1. The Morgan fingerprint density at radius 2 is 1.36 bits per heavy atom. The van der Waals surface area contributed by atoms with Crippen LogP contribution in [0.2, 0.25) is 0 Å². The van der Waals surface area contributed by atoms with Gasteiger partial charge in [-0.3, -0.25) is 4.99 Å². The predicted molar refractivity (Wildman–Crippen MR) is 174 cm³/mol. The molecule has 0 atom stereocenters. The Morgan fingerprint density at radius 1 is 0.750 bits per heavy atom. The van der Waals surface area contributed by atoms with Gasteiger partial charge in [-0.1, -0.05) is 69.3 Å². The second-order valence-electron chi connectivity index (χ2n) is 11.5. The van der Waals surface area contributed by atoms with Gasteiger partial charge in [0.05, 0.1) is 34.5 Å². The summed E-state index contributed by atoms with van der Waals surface area (Å²) in [6.07, 6.45) is 1.66. The standard InChI is InChI=1S/C38H28N4O2/c1-38(2,3)29-16-19-34(43)28(20-29)23-41-33-7-5-4-6-32(33)37-42-35-30(26-12-8-24(21-39)9-13-26)17-18-31(36(35)44-37)27-14-10-25(22-40)11-15-27/h4-20,23,43H,1-3H3. The number of fused-ring (bicyclic) bond motifs is 1. The maximum Gasteiger partial charge on any atom is 0.229 e. The number of phenols is 1. The highest BCUT2D eigenvalue weighted by atomic mass is 16.3. The first-order chi connectivity index (χ1) is 21.2. The molecule has 6 aromatic rings. The van der Waals surface area contributed by atoms with Crippen LogP contribution in [-0.2, 0) is 5.41 Å². The lowest BCUT2D eigenvalue weighted by atomic mass is 9.86. The van der Waals surface area contributed by atoms with Crippen LogP contribution in [0.25, 0.3) is 44.8 Å². The van der Waals surface area contributed by atoms with Crippen molar-refractivity contribution in [2.45, 2.75) is 26.2 Å². The molecule has 44 heavy (non-hydrogen) atoms. The van der Waals surface area contributed by atoms with E-state index in [0.29, 0.717) is 44.9 Å². The SMILES string of the molecule is CC(C)(C)c1ccc(O)c(C=Nc2ccccc2-c2nc3c(-c4ccc(C#N)cc4)ccc(-c4ccc(C#N)cc4)c3o2)c1. The zero-order valence-corrected chi connectivity index (χ0v) is 24.5. The summed E-state index contributed by atoms with van der Waals surface area (Å²) >= 11 is 0. The van der Waals surface area contributed by atoms with Crippen molar-refractivity contribution >= 4 is 23.0 Å². The van der Waals surface area contributed by atoms with Gasteiger partial charge in [-0.05, 0) is 76.7 Å². The molecule has 0 aliphatic heterocycles. The molecule has 212 valence electrons. The summed E-state index contributed by atoms with van der Waals surface area (Å²) in [5, 5.41) is 29.1. The second-order valence-corrected chi connectivity index (χ2v) is 11.5. The smallest absolute Gasteiger partial charge is 0.229 e. The van der Waals surface area contributed by atoms with Crippen molar-refractivity contribution in [3.8, 4) is 51.6 Å². The molecule has 1 aromatic heterocycles. The summed E-state index contributed by atoms with van der Waals surface area (Å²) in [6.45, 7) is 6.38. The van der Waals surface area contributed by atoms with Crippen molar-refractivity contribution in [1.82, 2.24) is 4.98 Å². The monoisotopic (exact) mass is 572 g/mol. The van der Waals surface area contributed by atoms with Crippen LogP contribution in [0.5, 0.6) is 5.75 Å². The molecule has 0 aliphatic rings. The van der Waals surface area contributed by atoms with Gasteiger partial charge in [-0.25, -0.2) is 4.98 Å². The average Bonchev–Trinajstić information content (AvgIpc) is 3.49. The number of phenolic OH excluding ortho intramolecular Hbond substituents is 1. The molecule has 6 heteroatoms. The van der Waals surface area contributed by atoms with Crippen LogP contribution < -0.4 is 0 Å². The van der Waals surface area contributed by atoms with E-state index in [-0.39, 0.29) is 11.2 Å². The van der Waals surface area contributed by atoms with E-state index in [0.717, 1.165) is 27.8 Å². The van der Waals surface area contributed by atoms with Crippen LogP contribution in [0.1, 0.15) is 43.0 Å². The predicted octanol–water partition coefficient (Wildman–Crippen LogP) is 9.33. The van der Waals surface area contributed by atoms with Gasteiger partial charge in [-0.2, -0.15) is 10.5 Å². The fourth-order valence-electron chi connectivity index (χ4n) is 5.06. The molecule has 1 N–H and O–H groups in total. The maximum absolute atomic E-state index is 10.5. The van der Waals surface area contributed by atoms with Gasteiger partial charge in [0.2, 0.25) is 5.89 Å². The maximum atomic E-state index is 10.5. The summed E-state index contributed by atoms with van der Waals surface area (Å²) in [6, 6.07) is 36.2. The highest BCUT2D eigenvalue weighted by Crippen LogP contribution is 2.40. The van der Waals surface area contributed by atoms with E-state index in [2.05, 4.69) is 32.9 Å². The Labute approximate surface area is 255 Å². The van der Waals surface area contributed by atoms with Crippen LogP contribution in [0.15, 0.2) is 113 Å². The van der Waals surface area contributed by atoms with Crippen LogP contribution >= 0.6 is 0 Å². The molecule has 0 unspecified atom stereocenters. The Hall–Kier alpha value is -5.98. The molecule has 0 saturated carbocycles. The van der Waals surface area contributed by atoms with E-state index in [9.17, 15) is 15.6 Å². The molecule has 0 aliphatic carbocycles. The quantitative estimate of drug-likeness (QED) is 0.207. The van der Waals surface area contributed by atoms with E-state index < -0.39 is 0 Å². The molecule has 1 heterocycles. The third kappa shape index (κ3) is 5.45. The molecule has 0 fully saturated rings. The minimum atomic E-state index is -0.0777. The number of oxazole rings is 1. The van der Waals surface area contributed by atoms with Crippen LogP contribution in [0, 0.1) is 22.7 Å². The molecular weight excluding hydrogens is 544 g/mol. The van der Waals surface area contributed by atoms with Gasteiger partial charge in [-0.15, -0.1) is 0 Å². The second kappa shape index (κ2) is 11.4. The topological polar surface area (TPSA) is 106 Å². The van der Waals surface area contributed by atoms with Crippen LogP contribution in [-0.4, -0.2) is 16.3 Å². The van der Waals surface area contributed by atoms with Gasteiger partial charge in [0, 0.05) is 22.9 Å².